The molecule has 1 aliphatic rings. The van der Waals surface area contributed by atoms with Crippen LogP contribution in [0.1, 0.15) is 67.8 Å². The first kappa shape index (κ1) is 23.0. The van der Waals surface area contributed by atoms with Crippen LogP contribution < -0.4 is 10.6 Å². The highest BCUT2D eigenvalue weighted by atomic mass is 35.5. The number of ether oxygens (including phenoxy) is 1. The summed E-state index contributed by atoms with van der Waals surface area (Å²) < 4.78 is 5.26. The van der Waals surface area contributed by atoms with Crippen molar-refractivity contribution in [1.29, 1.82) is 0 Å². The van der Waals surface area contributed by atoms with Gasteiger partial charge in [0.05, 0.1) is 24.6 Å². The quantitative estimate of drug-likeness (QED) is 0.646. The molecule has 158 valence electrons. The van der Waals surface area contributed by atoms with Gasteiger partial charge in [-0.05, 0) is 42.5 Å². The van der Waals surface area contributed by atoms with Crippen molar-refractivity contribution >= 4 is 23.2 Å². The summed E-state index contributed by atoms with van der Waals surface area (Å²) in [4.78, 5) is 12.9. The second kappa shape index (κ2) is 12.3. The number of anilines is 1. The van der Waals surface area contributed by atoms with Crippen LogP contribution in [0.3, 0.4) is 0 Å². The second-order valence-corrected chi connectivity index (χ2v) is 8.29. The third kappa shape index (κ3) is 7.61. The van der Waals surface area contributed by atoms with Gasteiger partial charge in [0.2, 0.25) is 0 Å². The van der Waals surface area contributed by atoms with E-state index >= 15 is 0 Å². The minimum Gasteiger partial charge on any atom is -0.390 e. The van der Waals surface area contributed by atoms with Gasteiger partial charge in [0.25, 0.3) is 5.91 Å². The first-order valence-corrected chi connectivity index (χ1v) is 11.0. The topological polar surface area (TPSA) is 70.6 Å². The zero-order valence-electron chi connectivity index (χ0n) is 17.2. The van der Waals surface area contributed by atoms with Crippen LogP contribution in [0.2, 0.25) is 0 Å². The Labute approximate surface area is 174 Å². The van der Waals surface area contributed by atoms with Crippen LogP contribution in [0.15, 0.2) is 18.2 Å². The number of methoxy groups -OCH3 is 1. The summed E-state index contributed by atoms with van der Waals surface area (Å²) in [6, 6.07) is 5.39. The fourth-order valence-electron chi connectivity index (χ4n) is 3.78. The molecule has 1 aromatic rings. The average Bonchev–Trinajstić information content (AvgIpc) is 2.68. The van der Waals surface area contributed by atoms with Crippen LogP contribution in [0, 0.1) is 5.92 Å². The molecule has 0 saturated heterocycles. The Bertz CT molecular complexity index is 611. The van der Waals surface area contributed by atoms with Crippen molar-refractivity contribution in [2.45, 2.75) is 70.6 Å². The maximum absolute atomic E-state index is 12.9. The molecule has 5 nitrogen and oxygen atoms in total. The lowest BCUT2D eigenvalue weighted by Gasteiger charge is -2.26. The number of amides is 1. The summed E-state index contributed by atoms with van der Waals surface area (Å²) in [6.07, 6.45) is 7.06. The molecule has 0 spiro atoms. The zero-order chi connectivity index (χ0) is 20.4. The number of fused-ring (bicyclic) bond motifs is 2. The molecule has 0 aromatic heterocycles. The molecule has 1 aromatic carbocycles. The normalized spacial score (nSPS) is 23.5. The number of benzene rings is 1. The van der Waals surface area contributed by atoms with E-state index in [0.717, 1.165) is 37.1 Å². The Morgan fingerprint density at radius 3 is 2.71 bits per heavy atom. The average molecular weight is 411 g/mol. The fourth-order valence-corrected chi connectivity index (χ4v) is 3.99. The van der Waals surface area contributed by atoms with E-state index in [0.29, 0.717) is 18.1 Å². The lowest BCUT2D eigenvalue weighted by Crippen LogP contribution is -2.45. The summed E-state index contributed by atoms with van der Waals surface area (Å²) in [6.45, 7) is 3.52. The van der Waals surface area contributed by atoms with E-state index in [2.05, 4.69) is 17.6 Å². The highest BCUT2D eigenvalue weighted by Gasteiger charge is 2.24. The lowest BCUT2D eigenvalue weighted by molar-refractivity contribution is 0.0836. The van der Waals surface area contributed by atoms with E-state index in [-0.39, 0.29) is 17.8 Å². The van der Waals surface area contributed by atoms with Gasteiger partial charge in [0.15, 0.2) is 0 Å². The van der Waals surface area contributed by atoms with E-state index in [1.807, 2.05) is 18.2 Å². The first-order chi connectivity index (χ1) is 13.5. The van der Waals surface area contributed by atoms with E-state index in [9.17, 15) is 9.90 Å². The summed E-state index contributed by atoms with van der Waals surface area (Å²) in [7, 11) is 1.65. The van der Waals surface area contributed by atoms with Crippen LogP contribution in [-0.2, 0) is 11.3 Å². The van der Waals surface area contributed by atoms with Crippen LogP contribution in [0.5, 0.6) is 0 Å². The van der Waals surface area contributed by atoms with E-state index in [1.165, 1.54) is 25.7 Å². The minimum atomic E-state index is -0.758. The number of hydrogen-bond acceptors (Lipinski definition) is 4. The van der Waals surface area contributed by atoms with Gasteiger partial charge in [-0.1, -0.05) is 39.0 Å². The Kier molecular flexibility index (Phi) is 10.1. The zero-order valence-corrected chi connectivity index (χ0v) is 17.9. The molecule has 0 radical (unpaired) electrons. The van der Waals surface area contributed by atoms with Crippen molar-refractivity contribution in [1.82, 2.24) is 5.32 Å². The second-order valence-electron chi connectivity index (χ2n) is 7.98. The van der Waals surface area contributed by atoms with Crippen LogP contribution in [0.4, 0.5) is 5.69 Å². The smallest absolute Gasteiger partial charge is 0.251 e. The number of carbonyl (C=O) groups excluding carboxylic acids is 1. The molecule has 1 aliphatic heterocycles. The molecule has 2 rings (SSSR count). The lowest BCUT2D eigenvalue weighted by atomic mass is 9.93. The summed E-state index contributed by atoms with van der Waals surface area (Å²) in [5, 5.41) is 16.8. The predicted molar refractivity (Wildman–Crippen MR) is 115 cm³/mol. The molecule has 1 heterocycles. The Hall–Kier alpha value is -1.30. The number of halogens is 1. The molecular formula is C22H35ClN2O3. The highest BCUT2D eigenvalue weighted by molar-refractivity contribution is 6.18. The highest BCUT2D eigenvalue weighted by Crippen LogP contribution is 2.21. The molecule has 0 fully saturated rings. The standard InChI is InChI=1S/C22H35ClN2O3/c1-16-8-6-4-3-5-7-9-24-19-12-17(15-28-2)11-18(13-19)22(27)25-20(10-16)21(26)14-23/h11-13,16,20-21,24,26H,3-10,14-15H2,1-2H3,(H,25,27)/t16-,20+,21-/m1/s1. The number of nitrogens with one attached hydrogen (secondary N) is 2. The summed E-state index contributed by atoms with van der Waals surface area (Å²) >= 11 is 5.90. The first-order valence-electron chi connectivity index (χ1n) is 10.4. The number of aliphatic hydroxyl groups excluding tert-OH is 1. The number of carbonyl (C=O) groups is 1. The third-order valence-corrected chi connectivity index (χ3v) is 5.68. The summed E-state index contributed by atoms with van der Waals surface area (Å²) in [5.41, 5.74) is 2.44. The van der Waals surface area contributed by atoms with E-state index in [4.69, 9.17) is 16.3 Å². The predicted octanol–water partition coefficient (Wildman–Crippen LogP) is 4.32. The molecule has 0 saturated carbocycles. The van der Waals surface area contributed by atoms with Crippen molar-refractivity contribution < 1.29 is 14.6 Å². The van der Waals surface area contributed by atoms with Gasteiger partial charge in [0, 0.05) is 24.9 Å². The van der Waals surface area contributed by atoms with Crippen molar-refractivity contribution in [2.24, 2.45) is 5.92 Å². The number of hydrogen-bond donors (Lipinski definition) is 3. The van der Waals surface area contributed by atoms with Crippen molar-refractivity contribution in [3.63, 3.8) is 0 Å². The van der Waals surface area contributed by atoms with Gasteiger partial charge < -0.3 is 20.5 Å². The van der Waals surface area contributed by atoms with Gasteiger partial charge >= 0.3 is 0 Å². The fraction of sp³-hybridized carbons (Fsp3) is 0.682. The molecule has 3 atom stereocenters. The largest absolute Gasteiger partial charge is 0.390 e. The SMILES string of the molecule is COCc1cc2cc(c1)C(=O)N[C@H]([C@H](O)CCl)C[C@H](C)CCCCCCCN2. The van der Waals surface area contributed by atoms with Gasteiger partial charge in [-0.15, -0.1) is 11.6 Å². The molecule has 2 bridgehead atoms. The van der Waals surface area contributed by atoms with Crippen LogP contribution in [-0.4, -0.2) is 42.7 Å². The van der Waals surface area contributed by atoms with Crippen molar-refractivity contribution in [3.05, 3.63) is 29.3 Å². The molecule has 6 heteroatoms. The minimum absolute atomic E-state index is 0.105. The number of aliphatic hydroxyl groups is 1. The Morgan fingerprint density at radius 2 is 1.96 bits per heavy atom. The maximum Gasteiger partial charge on any atom is 0.251 e. The van der Waals surface area contributed by atoms with Crippen LogP contribution >= 0.6 is 11.6 Å². The van der Waals surface area contributed by atoms with Gasteiger partial charge in [-0.2, -0.15) is 0 Å². The maximum atomic E-state index is 12.9. The summed E-state index contributed by atoms with van der Waals surface area (Å²) in [5.74, 6) is 0.344. The van der Waals surface area contributed by atoms with Crippen molar-refractivity contribution in [3.8, 4) is 0 Å². The van der Waals surface area contributed by atoms with Gasteiger partial charge in [0.1, 0.15) is 0 Å². The number of rotatable bonds is 4. The number of alkyl halides is 1. The molecule has 3 N–H and O–H groups in total. The van der Waals surface area contributed by atoms with Gasteiger partial charge in [-0.3, -0.25) is 4.79 Å². The van der Waals surface area contributed by atoms with Gasteiger partial charge in [-0.25, -0.2) is 0 Å². The monoisotopic (exact) mass is 410 g/mol. The van der Waals surface area contributed by atoms with Crippen molar-refractivity contribution in [2.75, 3.05) is 24.9 Å². The Balaban J connectivity index is 2.24. The van der Waals surface area contributed by atoms with E-state index in [1.54, 1.807) is 7.11 Å². The van der Waals surface area contributed by atoms with E-state index < -0.39 is 6.10 Å². The Morgan fingerprint density at radius 1 is 1.21 bits per heavy atom. The molecule has 1 amide bonds. The van der Waals surface area contributed by atoms with Crippen LogP contribution in [0.25, 0.3) is 0 Å². The molecule has 0 unspecified atom stereocenters. The molecular weight excluding hydrogens is 376 g/mol. The molecule has 0 aliphatic carbocycles. The third-order valence-electron chi connectivity index (χ3n) is 5.36. The molecule has 28 heavy (non-hydrogen) atoms.